The molecule has 0 amide bonds. The summed E-state index contributed by atoms with van der Waals surface area (Å²) in [6.07, 6.45) is -4.32. The Morgan fingerprint density at radius 1 is 1.29 bits per heavy atom. The van der Waals surface area contributed by atoms with E-state index in [1.807, 2.05) is 19.2 Å². The third-order valence-corrected chi connectivity index (χ3v) is 1.54. The lowest BCUT2D eigenvalue weighted by Gasteiger charge is -2.09. The quantitative estimate of drug-likeness (QED) is 0.527. The van der Waals surface area contributed by atoms with Crippen molar-refractivity contribution in [3.05, 3.63) is 0 Å². The van der Waals surface area contributed by atoms with Crippen LogP contribution in [0.1, 0.15) is 13.8 Å². The van der Waals surface area contributed by atoms with Crippen LogP contribution in [0.4, 0.5) is 13.2 Å². The van der Waals surface area contributed by atoms with Gasteiger partial charge in [0.1, 0.15) is 6.61 Å². The lowest BCUT2D eigenvalue weighted by molar-refractivity contribution is -0.146. The fourth-order valence-corrected chi connectivity index (χ4v) is 0.891. The highest BCUT2D eigenvalue weighted by atomic mass is 19.4. The first-order valence-corrected chi connectivity index (χ1v) is 5.32. The van der Waals surface area contributed by atoms with Gasteiger partial charge in [-0.15, -0.1) is 0 Å². The maximum Gasteiger partial charge on any atom is 0.401 e. The van der Waals surface area contributed by atoms with Crippen LogP contribution >= 0.6 is 0 Å². The number of esters is 1. The Balaban J connectivity index is 3.35. The largest absolute Gasteiger partial charge is 0.462 e. The van der Waals surface area contributed by atoms with Crippen LogP contribution in [0.15, 0.2) is 0 Å². The molecule has 0 heterocycles. The van der Waals surface area contributed by atoms with Crippen LogP contribution in [-0.2, 0) is 14.3 Å². The fourth-order valence-electron chi connectivity index (χ4n) is 0.891. The second-order valence-electron chi connectivity index (χ2n) is 3.91. The second kappa shape index (κ2) is 8.30. The molecule has 0 unspecified atom stereocenters. The predicted molar refractivity (Wildman–Crippen MR) is 55.5 cm³/mol. The number of rotatable bonds is 8. The highest BCUT2D eigenvalue weighted by Gasteiger charge is 2.26. The Morgan fingerprint density at radius 3 is 2.47 bits per heavy atom. The summed E-state index contributed by atoms with van der Waals surface area (Å²) in [6, 6.07) is 0. The lowest BCUT2D eigenvalue weighted by Crippen LogP contribution is -2.33. The van der Waals surface area contributed by atoms with Crippen molar-refractivity contribution in [1.29, 1.82) is 0 Å². The van der Waals surface area contributed by atoms with Gasteiger partial charge < -0.3 is 9.47 Å². The van der Waals surface area contributed by atoms with Crippen LogP contribution < -0.4 is 5.32 Å². The maximum absolute atomic E-state index is 11.7. The molecule has 17 heavy (non-hydrogen) atoms. The molecular weight excluding hydrogens is 239 g/mol. The first-order valence-electron chi connectivity index (χ1n) is 5.32. The van der Waals surface area contributed by atoms with Crippen molar-refractivity contribution in [1.82, 2.24) is 5.32 Å². The van der Waals surface area contributed by atoms with Gasteiger partial charge in [-0.3, -0.25) is 10.1 Å². The molecule has 4 nitrogen and oxygen atoms in total. The summed E-state index contributed by atoms with van der Waals surface area (Å²) in [6.45, 7) is 3.17. The Kier molecular flexibility index (Phi) is 7.90. The zero-order valence-corrected chi connectivity index (χ0v) is 9.97. The van der Waals surface area contributed by atoms with Crippen LogP contribution in [0.3, 0.4) is 0 Å². The molecular formula is C10H18F3NO3. The number of alkyl halides is 3. The van der Waals surface area contributed by atoms with Crippen molar-refractivity contribution in [3.63, 3.8) is 0 Å². The molecule has 0 aliphatic carbocycles. The Hall–Kier alpha value is -0.820. The average molecular weight is 257 g/mol. The van der Waals surface area contributed by atoms with Crippen molar-refractivity contribution in [2.24, 2.45) is 5.92 Å². The SMILES string of the molecule is CC(C)COCCOC(=O)CNCC(F)(F)F. The Labute approximate surface area is 98.5 Å². The van der Waals surface area contributed by atoms with Gasteiger partial charge in [-0.25, -0.2) is 0 Å². The predicted octanol–water partition coefficient (Wildman–Crippen LogP) is 1.35. The molecule has 0 saturated carbocycles. The zero-order valence-electron chi connectivity index (χ0n) is 9.97. The number of nitrogens with one attached hydrogen (secondary N) is 1. The van der Waals surface area contributed by atoms with E-state index in [-0.39, 0.29) is 13.2 Å². The summed E-state index contributed by atoms with van der Waals surface area (Å²) < 4.78 is 44.9. The van der Waals surface area contributed by atoms with Gasteiger partial charge in [0.05, 0.1) is 19.7 Å². The lowest BCUT2D eigenvalue weighted by atomic mass is 10.2. The van der Waals surface area contributed by atoms with Crippen LogP contribution in [0.5, 0.6) is 0 Å². The molecule has 0 bridgehead atoms. The van der Waals surface area contributed by atoms with E-state index in [1.165, 1.54) is 0 Å². The number of hydrogen-bond acceptors (Lipinski definition) is 4. The van der Waals surface area contributed by atoms with E-state index in [0.29, 0.717) is 12.5 Å². The standard InChI is InChI=1S/C10H18F3NO3/c1-8(2)6-16-3-4-17-9(15)5-14-7-10(11,12)13/h8,14H,3-7H2,1-2H3. The number of hydrogen-bond donors (Lipinski definition) is 1. The molecule has 0 atom stereocenters. The molecule has 0 spiro atoms. The minimum absolute atomic E-state index is 0.0548. The van der Waals surface area contributed by atoms with Gasteiger partial charge in [0.15, 0.2) is 0 Å². The fraction of sp³-hybridized carbons (Fsp3) is 0.900. The highest BCUT2D eigenvalue weighted by molar-refractivity contribution is 5.71. The van der Waals surface area contributed by atoms with Gasteiger partial charge in [-0.05, 0) is 5.92 Å². The average Bonchev–Trinajstić information content (AvgIpc) is 2.14. The van der Waals surface area contributed by atoms with E-state index in [9.17, 15) is 18.0 Å². The molecule has 0 fully saturated rings. The molecule has 7 heteroatoms. The number of carbonyl (C=O) groups is 1. The van der Waals surface area contributed by atoms with Gasteiger partial charge in [-0.1, -0.05) is 13.8 Å². The summed E-state index contributed by atoms with van der Waals surface area (Å²) in [7, 11) is 0. The number of carbonyl (C=O) groups excluding carboxylic acids is 1. The molecule has 0 saturated heterocycles. The van der Waals surface area contributed by atoms with Gasteiger partial charge in [0, 0.05) is 6.61 Å². The summed E-state index contributed by atoms with van der Waals surface area (Å²) in [5.41, 5.74) is 0. The minimum Gasteiger partial charge on any atom is -0.462 e. The van der Waals surface area contributed by atoms with Gasteiger partial charge in [-0.2, -0.15) is 13.2 Å². The molecule has 102 valence electrons. The van der Waals surface area contributed by atoms with Crippen LogP contribution in [0, 0.1) is 5.92 Å². The highest BCUT2D eigenvalue weighted by Crippen LogP contribution is 2.11. The van der Waals surface area contributed by atoms with Gasteiger partial charge in [0.25, 0.3) is 0 Å². The van der Waals surface area contributed by atoms with E-state index >= 15 is 0 Å². The molecule has 0 aromatic carbocycles. The Morgan fingerprint density at radius 2 is 1.94 bits per heavy atom. The molecule has 0 aliphatic heterocycles. The third-order valence-electron chi connectivity index (χ3n) is 1.54. The summed E-state index contributed by atoms with van der Waals surface area (Å²) >= 11 is 0. The van der Waals surface area contributed by atoms with Crippen LogP contribution in [0.25, 0.3) is 0 Å². The minimum atomic E-state index is -4.32. The van der Waals surface area contributed by atoms with E-state index in [1.54, 1.807) is 0 Å². The summed E-state index contributed by atoms with van der Waals surface area (Å²) in [5, 5.41) is 1.94. The van der Waals surface area contributed by atoms with E-state index < -0.39 is 25.2 Å². The smallest absolute Gasteiger partial charge is 0.401 e. The number of ether oxygens (including phenoxy) is 2. The third kappa shape index (κ3) is 13.1. The normalized spacial score (nSPS) is 11.9. The van der Waals surface area contributed by atoms with Crippen molar-refractivity contribution in [2.75, 3.05) is 32.9 Å². The zero-order chi connectivity index (χ0) is 13.3. The maximum atomic E-state index is 11.7. The Bertz CT molecular complexity index is 219. The van der Waals surface area contributed by atoms with Crippen molar-refractivity contribution >= 4 is 5.97 Å². The number of halogens is 3. The first kappa shape index (κ1) is 16.2. The van der Waals surface area contributed by atoms with E-state index in [0.717, 1.165) is 0 Å². The summed E-state index contributed by atoms with van der Waals surface area (Å²) in [5.74, 6) is -0.332. The van der Waals surface area contributed by atoms with Crippen molar-refractivity contribution in [2.45, 2.75) is 20.0 Å². The molecule has 0 radical (unpaired) electrons. The monoisotopic (exact) mass is 257 g/mol. The molecule has 0 aromatic rings. The topological polar surface area (TPSA) is 47.6 Å². The molecule has 0 rings (SSSR count). The van der Waals surface area contributed by atoms with Crippen LogP contribution in [-0.4, -0.2) is 45.1 Å². The second-order valence-corrected chi connectivity index (χ2v) is 3.91. The first-order chi connectivity index (χ1) is 7.81. The summed E-state index contributed by atoms with van der Waals surface area (Å²) in [4.78, 5) is 10.9. The molecule has 0 aromatic heterocycles. The van der Waals surface area contributed by atoms with Gasteiger partial charge >= 0.3 is 12.1 Å². The van der Waals surface area contributed by atoms with Crippen molar-refractivity contribution < 1.29 is 27.4 Å². The van der Waals surface area contributed by atoms with E-state index in [4.69, 9.17) is 4.74 Å². The van der Waals surface area contributed by atoms with Gasteiger partial charge in [0.2, 0.25) is 0 Å². The van der Waals surface area contributed by atoms with Crippen molar-refractivity contribution in [3.8, 4) is 0 Å². The van der Waals surface area contributed by atoms with E-state index in [2.05, 4.69) is 4.74 Å². The van der Waals surface area contributed by atoms with Crippen LogP contribution in [0.2, 0.25) is 0 Å². The molecule has 1 N–H and O–H groups in total. The molecule has 0 aliphatic rings.